The van der Waals surface area contributed by atoms with Gasteiger partial charge in [-0.25, -0.2) is 9.18 Å². The lowest BCUT2D eigenvalue weighted by molar-refractivity contribution is -0.137. The Labute approximate surface area is 123 Å². The van der Waals surface area contributed by atoms with Crippen molar-refractivity contribution in [2.75, 3.05) is 6.54 Å². The van der Waals surface area contributed by atoms with Crippen LogP contribution in [0.3, 0.4) is 0 Å². The number of carbonyl (C=O) groups excluding carboxylic acids is 1. The fourth-order valence-electron chi connectivity index (χ4n) is 1.88. The summed E-state index contributed by atoms with van der Waals surface area (Å²) < 4.78 is 12.7. The molecule has 0 saturated carbocycles. The molecule has 1 aromatic rings. The summed E-state index contributed by atoms with van der Waals surface area (Å²) in [5, 5.41) is 14.0. The lowest BCUT2D eigenvalue weighted by Crippen LogP contribution is -2.41. The van der Waals surface area contributed by atoms with Crippen LogP contribution in [-0.4, -0.2) is 29.7 Å². The fraction of sp³-hybridized carbons (Fsp3) is 0.467. The Morgan fingerprint density at radius 3 is 2.57 bits per heavy atom. The van der Waals surface area contributed by atoms with E-state index in [2.05, 4.69) is 10.6 Å². The van der Waals surface area contributed by atoms with Gasteiger partial charge in [0.2, 0.25) is 0 Å². The summed E-state index contributed by atoms with van der Waals surface area (Å²) >= 11 is 0. The molecular weight excluding hydrogens is 275 g/mol. The number of aliphatic carboxylic acids is 1. The number of halogens is 1. The molecule has 0 aromatic heterocycles. The fourth-order valence-corrected chi connectivity index (χ4v) is 1.88. The molecule has 0 heterocycles. The van der Waals surface area contributed by atoms with Gasteiger partial charge in [-0.2, -0.15) is 0 Å². The maximum absolute atomic E-state index is 12.7. The van der Waals surface area contributed by atoms with Crippen LogP contribution in [-0.2, 0) is 11.2 Å². The monoisotopic (exact) mass is 296 g/mol. The van der Waals surface area contributed by atoms with Crippen LogP contribution in [0.2, 0.25) is 0 Å². The van der Waals surface area contributed by atoms with E-state index in [1.54, 1.807) is 12.1 Å². The SMILES string of the molecule is CC(CCCC(=O)O)NC(=O)NCCc1ccc(F)cc1. The Morgan fingerprint density at radius 2 is 1.95 bits per heavy atom. The summed E-state index contributed by atoms with van der Waals surface area (Å²) in [6.07, 6.45) is 1.89. The number of urea groups is 1. The van der Waals surface area contributed by atoms with Gasteiger partial charge in [0.1, 0.15) is 5.82 Å². The van der Waals surface area contributed by atoms with Crippen molar-refractivity contribution in [3.05, 3.63) is 35.6 Å². The summed E-state index contributed by atoms with van der Waals surface area (Å²) in [5.74, 6) is -1.11. The number of benzene rings is 1. The third-order valence-corrected chi connectivity index (χ3v) is 3.02. The van der Waals surface area contributed by atoms with Gasteiger partial charge in [-0.3, -0.25) is 4.79 Å². The summed E-state index contributed by atoms with van der Waals surface area (Å²) in [6, 6.07) is 5.79. The largest absolute Gasteiger partial charge is 0.481 e. The Kier molecular flexibility index (Phi) is 7.21. The predicted molar refractivity (Wildman–Crippen MR) is 77.6 cm³/mol. The minimum atomic E-state index is -0.828. The first-order valence-electron chi connectivity index (χ1n) is 6.98. The number of carboxylic acids is 1. The summed E-state index contributed by atoms with van der Waals surface area (Å²) in [5.41, 5.74) is 0.950. The van der Waals surface area contributed by atoms with Crippen LogP contribution in [0.4, 0.5) is 9.18 Å². The van der Waals surface area contributed by atoms with E-state index in [4.69, 9.17) is 5.11 Å². The Morgan fingerprint density at radius 1 is 1.29 bits per heavy atom. The Bertz CT molecular complexity index is 462. The molecule has 0 aliphatic heterocycles. The molecule has 0 fully saturated rings. The smallest absolute Gasteiger partial charge is 0.315 e. The van der Waals surface area contributed by atoms with Gasteiger partial charge < -0.3 is 15.7 Å². The highest BCUT2D eigenvalue weighted by atomic mass is 19.1. The maximum Gasteiger partial charge on any atom is 0.315 e. The lowest BCUT2D eigenvalue weighted by atomic mass is 10.1. The highest BCUT2D eigenvalue weighted by molar-refractivity contribution is 5.74. The van der Waals surface area contributed by atoms with Crippen LogP contribution in [0, 0.1) is 5.82 Å². The molecule has 21 heavy (non-hydrogen) atoms. The van der Waals surface area contributed by atoms with E-state index in [0.717, 1.165) is 5.56 Å². The van der Waals surface area contributed by atoms with Gasteiger partial charge >= 0.3 is 12.0 Å². The van der Waals surface area contributed by atoms with E-state index in [0.29, 0.717) is 25.8 Å². The second-order valence-corrected chi connectivity index (χ2v) is 4.96. The van der Waals surface area contributed by atoms with Crippen molar-refractivity contribution in [1.82, 2.24) is 10.6 Å². The molecule has 0 radical (unpaired) electrons. The van der Waals surface area contributed by atoms with Gasteiger partial charge in [-0.1, -0.05) is 12.1 Å². The van der Waals surface area contributed by atoms with Crippen molar-refractivity contribution < 1.29 is 19.1 Å². The number of nitrogens with one attached hydrogen (secondary N) is 2. The average Bonchev–Trinajstić information content (AvgIpc) is 2.40. The predicted octanol–water partition coefficient (Wildman–Crippen LogP) is 2.31. The normalized spacial score (nSPS) is 11.7. The van der Waals surface area contributed by atoms with Gasteiger partial charge in [0.05, 0.1) is 0 Å². The quantitative estimate of drug-likeness (QED) is 0.689. The van der Waals surface area contributed by atoms with Crippen molar-refractivity contribution in [2.24, 2.45) is 0 Å². The van der Waals surface area contributed by atoms with Gasteiger partial charge in [0.15, 0.2) is 0 Å². The van der Waals surface area contributed by atoms with E-state index >= 15 is 0 Å². The molecule has 0 spiro atoms. The topological polar surface area (TPSA) is 78.4 Å². The summed E-state index contributed by atoms with van der Waals surface area (Å²) in [4.78, 5) is 22.0. The first-order valence-corrected chi connectivity index (χ1v) is 6.98. The molecule has 1 aromatic carbocycles. The van der Waals surface area contributed by atoms with E-state index in [1.165, 1.54) is 12.1 Å². The number of amides is 2. The van der Waals surface area contributed by atoms with Crippen LogP contribution >= 0.6 is 0 Å². The van der Waals surface area contributed by atoms with Gasteiger partial charge in [0.25, 0.3) is 0 Å². The zero-order chi connectivity index (χ0) is 15.7. The van der Waals surface area contributed by atoms with Crippen molar-refractivity contribution in [2.45, 2.75) is 38.6 Å². The second kappa shape index (κ2) is 8.94. The zero-order valence-electron chi connectivity index (χ0n) is 12.1. The average molecular weight is 296 g/mol. The molecule has 0 aliphatic carbocycles. The second-order valence-electron chi connectivity index (χ2n) is 4.96. The standard InChI is InChI=1S/C15H21FN2O3/c1-11(3-2-4-14(19)20)18-15(21)17-10-9-12-5-7-13(16)8-6-12/h5-8,11H,2-4,9-10H2,1H3,(H,19,20)(H2,17,18,21). The van der Waals surface area contributed by atoms with Crippen LogP contribution < -0.4 is 10.6 Å². The molecule has 5 nitrogen and oxygen atoms in total. The van der Waals surface area contributed by atoms with E-state index in [1.807, 2.05) is 6.92 Å². The van der Waals surface area contributed by atoms with Crippen LogP contribution in [0.1, 0.15) is 31.7 Å². The number of rotatable bonds is 8. The first-order chi connectivity index (χ1) is 9.97. The summed E-state index contributed by atoms with van der Waals surface area (Å²) in [6.45, 7) is 2.29. The Balaban J connectivity index is 2.15. The van der Waals surface area contributed by atoms with Crippen LogP contribution in [0.25, 0.3) is 0 Å². The molecule has 3 N–H and O–H groups in total. The molecule has 0 aliphatic rings. The number of carbonyl (C=O) groups is 2. The first kappa shape index (κ1) is 16.9. The Hall–Kier alpha value is -2.11. The molecule has 116 valence electrons. The van der Waals surface area contributed by atoms with Crippen LogP contribution in [0.5, 0.6) is 0 Å². The molecule has 1 unspecified atom stereocenters. The molecule has 2 amide bonds. The third-order valence-electron chi connectivity index (χ3n) is 3.02. The molecule has 1 atom stereocenters. The number of carboxylic acid groups (broad SMARTS) is 1. The van der Waals surface area contributed by atoms with Crippen LogP contribution in [0.15, 0.2) is 24.3 Å². The maximum atomic E-state index is 12.7. The van der Waals surface area contributed by atoms with Gasteiger partial charge in [0, 0.05) is 19.0 Å². The van der Waals surface area contributed by atoms with E-state index < -0.39 is 5.97 Å². The minimum Gasteiger partial charge on any atom is -0.481 e. The highest BCUT2D eigenvalue weighted by Crippen LogP contribution is 2.03. The van der Waals surface area contributed by atoms with Crippen molar-refractivity contribution in [1.29, 1.82) is 0 Å². The van der Waals surface area contributed by atoms with E-state index in [-0.39, 0.29) is 24.3 Å². The number of hydrogen-bond donors (Lipinski definition) is 3. The van der Waals surface area contributed by atoms with Crippen molar-refractivity contribution in [3.63, 3.8) is 0 Å². The van der Waals surface area contributed by atoms with Crippen molar-refractivity contribution in [3.8, 4) is 0 Å². The third kappa shape index (κ3) is 7.91. The summed E-state index contributed by atoms with van der Waals surface area (Å²) in [7, 11) is 0. The molecule has 0 bridgehead atoms. The van der Waals surface area contributed by atoms with E-state index in [9.17, 15) is 14.0 Å². The minimum absolute atomic E-state index is 0.0739. The zero-order valence-corrected chi connectivity index (χ0v) is 12.1. The lowest BCUT2D eigenvalue weighted by Gasteiger charge is -2.14. The van der Waals surface area contributed by atoms with Gasteiger partial charge in [-0.05, 0) is 43.9 Å². The van der Waals surface area contributed by atoms with Gasteiger partial charge in [-0.15, -0.1) is 0 Å². The van der Waals surface area contributed by atoms with Crippen molar-refractivity contribution >= 4 is 12.0 Å². The number of hydrogen-bond acceptors (Lipinski definition) is 2. The molecular formula is C15H21FN2O3. The molecule has 0 saturated heterocycles. The molecule has 6 heteroatoms. The molecule has 1 rings (SSSR count). The highest BCUT2D eigenvalue weighted by Gasteiger charge is 2.07.